The van der Waals surface area contributed by atoms with Crippen LogP contribution in [0.3, 0.4) is 0 Å². The number of hydrogen-bond donors (Lipinski definition) is 4. The van der Waals surface area contributed by atoms with Crippen LogP contribution in [0.1, 0.15) is 33.7 Å². The molecule has 1 aromatic carbocycles. The fourth-order valence-corrected chi connectivity index (χ4v) is 3.06. The summed E-state index contributed by atoms with van der Waals surface area (Å²) in [5, 5.41) is 16.1. The number of carbonyl (C=O) groups is 2. The molecular weight excluding hydrogens is 294 g/mol. The second kappa shape index (κ2) is 5.51. The molecule has 23 heavy (non-hydrogen) atoms. The van der Waals surface area contributed by atoms with E-state index in [0.717, 1.165) is 35.5 Å². The highest BCUT2D eigenvalue weighted by Gasteiger charge is 2.22. The van der Waals surface area contributed by atoms with Crippen LogP contribution in [-0.2, 0) is 24.2 Å². The molecule has 0 spiro atoms. The van der Waals surface area contributed by atoms with Gasteiger partial charge in [0.2, 0.25) is 5.91 Å². The van der Waals surface area contributed by atoms with Crippen LogP contribution < -0.4 is 16.0 Å². The molecule has 0 aliphatic carbocycles. The number of H-pyrrole nitrogens is 1. The summed E-state index contributed by atoms with van der Waals surface area (Å²) in [5.74, 6) is -0.184. The van der Waals surface area contributed by atoms with Crippen molar-refractivity contribution in [3.8, 4) is 0 Å². The molecule has 3 heterocycles. The van der Waals surface area contributed by atoms with Gasteiger partial charge in [0.15, 0.2) is 5.69 Å². The van der Waals surface area contributed by atoms with E-state index in [-0.39, 0.29) is 11.8 Å². The minimum Gasteiger partial charge on any atom is -0.326 e. The number of nitrogens with zero attached hydrogens (tertiary/aromatic N) is 1. The van der Waals surface area contributed by atoms with Crippen molar-refractivity contribution < 1.29 is 9.59 Å². The molecule has 2 aliphatic heterocycles. The first-order valence-corrected chi connectivity index (χ1v) is 7.71. The Morgan fingerprint density at radius 3 is 3.04 bits per heavy atom. The Hall–Kier alpha value is -2.67. The smallest absolute Gasteiger partial charge is 0.276 e. The predicted octanol–water partition coefficient (Wildman–Crippen LogP) is 1.19. The van der Waals surface area contributed by atoms with Gasteiger partial charge in [-0.1, -0.05) is 0 Å². The highest BCUT2D eigenvalue weighted by molar-refractivity contribution is 6.04. The van der Waals surface area contributed by atoms with Gasteiger partial charge in [0.1, 0.15) is 0 Å². The molecule has 0 atom stereocenters. The maximum absolute atomic E-state index is 12.5. The molecule has 0 fully saturated rings. The van der Waals surface area contributed by atoms with E-state index >= 15 is 0 Å². The number of aromatic amines is 1. The van der Waals surface area contributed by atoms with Crippen molar-refractivity contribution in [3.05, 3.63) is 40.7 Å². The summed E-state index contributed by atoms with van der Waals surface area (Å²) < 4.78 is 0. The number of anilines is 2. The minimum atomic E-state index is -0.217. The van der Waals surface area contributed by atoms with Crippen molar-refractivity contribution in [1.82, 2.24) is 15.5 Å². The van der Waals surface area contributed by atoms with Gasteiger partial charge >= 0.3 is 0 Å². The highest BCUT2D eigenvalue weighted by atomic mass is 16.2. The van der Waals surface area contributed by atoms with Gasteiger partial charge in [0, 0.05) is 48.6 Å². The predicted molar refractivity (Wildman–Crippen MR) is 85.3 cm³/mol. The number of carbonyl (C=O) groups excluding carboxylic acids is 2. The summed E-state index contributed by atoms with van der Waals surface area (Å²) in [4.78, 5) is 23.9. The van der Waals surface area contributed by atoms with E-state index in [9.17, 15) is 9.59 Å². The Morgan fingerprint density at radius 2 is 2.13 bits per heavy atom. The summed E-state index contributed by atoms with van der Waals surface area (Å²) >= 11 is 0. The van der Waals surface area contributed by atoms with Crippen molar-refractivity contribution in [2.24, 2.45) is 0 Å². The largest absolute Gasteiger partial charge is 0.326 e. The van der Waals surface area contributed by atoms with Gasteiger partial charge in [-0.25, -0.2) is 0 Å². The standard InChI is InChI=1S/C16H17N5O2/c22-14-4-1-9-7-10(2-3-12(9)19-14)18-16(23)15-11-8-17-6-5-13(11)20-21-15/h2-3,7,17H,1,4-6,8H2,(H,18,23)(H,19,22)(H,20,21). The van der Waals surface area contributed by atoms with Crippen LogP contribution in [0.4, 0.5) is 11.4 Å². The quantitative estimate of drug-likeness (QED) is 0.669. The summed E-state index contributed by atoms with van der Waals surface area (Å²) in [6.45, 7) is 1.55. The van der Waals surface area contributed by atoms with Gasteiger partial charge in [-0.3, -0.25) is 14.7 Å². The molecule has 7 heteroatoms. The van der Waals surface area contributed by atoms with E-state index in [2.05, 4.69) is 26.1 Å². The minimum absolute atomic E-state index is 0.0323. The molecule has 2 aromatic rings. The molecule has 0 bridgehead atoms. The molecule has 0 saturated carbocycles. The maximum Gasteiger partial charge on any atom is 0.276 e. The zero-order chi connectivity index (χ0) is 15.8. The SMILES string of the molecule is O=C1CCc2cc(NC(=O)c3n[nH]c4c3CNCC4)ccc2N1. The molecule has 0 unspecified atom stereocenters. The maximum atomic E-state index is 12.5. The molecule has 0 saturated heterocycles. The molecule has 118 valence electrons. The topological polar surface area (TPSA) is 98.9 Å². The molecule has 2 amide bonds. The van der Waals surface area contributed by atoms with Crippen LogP contribution in [0.15, 0.2) is 18.2 Å². The van der Waals surface area contributed by atoms with Crippen molar-refractivity contribution in [2.45, 2.75) is 25.8 Å². The van der Waals surface area contributed by atoms with E-state index in [1.165, 1.54) is 0 Å². The van der Waals surface area contributed by atoms with E-state index in [4.69, 9.17) is 0 Å². The molecule has 4 rings (SSSR count). The first-order valence-electron chi connectivity index (χ1n) is 7.71. The van der Waals surface area contributed by atoms with Crippen molar-refractivity contribution in [1.29, 1.82) is 0 Å². The summed E-state index contributed by atoms with van der Waals surface area (Å²) in [6.07, 6.45) is 2.02. The van der Waals surface area contributed by atoms with Crippen LogP contribution in [0.5, 0.6) is 0 Å². The second-order valence-electron chi connectivity index (χ2n) is 5.83. The first-order chi connectivity index (χ1) is 11.2. The van der Waals surface area contributed by atoms with Crippen LogP contribution in [0.25, 0.3) is 0 Å². The number of fused-ring (bicyclic) bond motifs is 2. The van der Waals surface area contributed by atoms with Crippen LogP contribution >= 0.6 is 0 Å². The number of rotatable bonds is 2. The molecule has 2 aliphatic rings. The van der Waals surface area contributed by atoms with Crippen LogP contribution in [0, 0.1) is 0 Å². The average molecular weight is 311 g/mol. The van der Waals surface area contributed by atoms with E-state index in [1.807, 2.05) is 12.1 Å². The van der Waals surface area contributed by atoms with Gasteiger partial charge in [-0.05, 0) is 30.2 Å². The van der Waals surface area contributed by atoms with E-state index in [1.54, 1.807) is 6.07 Å². The van der Waals surface area contributed by atoms with Crippen LogP contribution in [0.2, 0.25) is 0 Å². The number of nitrogens with one attached hydrogen (secondary N) is 4. The summed E-state index contributed by atoms with van der Waals surface area (Å²) in [6, 6.07) is 5.52. The third-order valence-electron chi connectivity index (χ3n) is 4.28. The number of hydrogen-bond acceptors (Lipinski definition) is 4. The monoisotopic (exact) mass is 311 g/mol. The third kappa shape index (κ3) is 2.59. The van der Waals surface area contributed by atoms with Crippen molar-refractivity contribution in [2.75, 3.05) is 17.2 Å². The zero-order valence-corrected chi connectivity index (χ0v) is 12.5. The zero-order valence-electron chi connectivity index (χ0n) is 12.5. The van der Waals surface area contributed by atoms with Gasteiger partial charge in [-0.15, -0.1) is 0 Å². The Kier molecular flexibility index (Phi) is 3.34. The Balaban J connectivity index is 1.55. The van der Waals surface area contributed by atoms with Crippen molar-refractivity contribution in [3.63, 3.8) is 0 Å². The molecule has 4 N–H and O–H groups in total. The van der Waals surface area contributed by atoms with Gasteiger partial charge in [-0.2, -0.15) is 5.10 Å². The fourth-order valence-electron chi connectivity index (χ4n) is 3.06. The molecular formula is C16H17N5O2. The van der Waals surface area contributed by atoms with Crippen molar-refractivity contribution >= 4 is 23.2 Å². The summed E-state index contributed by atoms with van der Waals surface area (Å²) in [7, 11) is 0. The second-order valence-corrected chi connectivity index (χ2v) is 5.83. The fraction of sp³-hybridized carbons (Fsp3) is 0.312. The van der Waals surface area contributed by atoms with Gasteiger partial charge in [0.25, 0.3) is 5.91 Å². The Morgan fingerprint density at radius 1 is 1.22 bits per heavy atom. The Labute approximate surface area is 132 Å². The van der Waals surface area contributed by atoms with E-state index < -0.39 is 0 Å². The lowest BCUT2D eigenvalue weighted by atomic mass is 10.0. The van der Waals surface area contributed by atoms with Crippen LogP contribution in [-0.4, -0.2) is 28.6 Å². The number of amides is 2. The number of aryl methyl sites for hydroxylation is 1. The lowest BCUT2D eigenvalue weighted by Gasteiger charge is -2.18. The van der Waals surface area contributed by atoms with E-state index in [0.29, 0.717) is 30.8 Å². The average Bonchev–Trinajstić information content (AvgIpc) is 2.99. The number of benzene rings is 1. The lowest BCUT2D eigenvalue weighted by Crippen LogP contribution is -2.25. The molecule has 7 nitrogen and oxygen atoms in total. The van der Waals surface area contributed by atoms with Gasteiger partial charge < -0.3 is 16.0 Å². The van der Waals surface area contributed by atoms with Gasteiger partial charge in [0.05, 0.1) is 0 Å². The highest BCUT2D eigenvalue weighted by Crippen LogP contribution is 2.26. The third-order valence-corrected chi connectivity index (χ3v) is 4.28. The Bertz CT molecular complexity index is 796. The number of aromatic nitrogens is 2. The molecule has 0 radical (unpaired) electrons. The first kappa shape index (κ1) is 14.0. The lowest BCUT2D eigenvalue weighted by molar-refractivity contribution is -0.116. The molecule has 1 aromatic heterocycles. The normalized spacial score (nSPS) is 16.3. The summed E-state index contributed by atoms with van der Waals surface area (Å²) in [5.41, 5.74) is 4.98.